The number of quaternary nitrogens is 1. The Kier molecular flexibility index (Phi) is 8.34. The molecule has 43 heavy (non-hydrogen) atoms. The first-order chi connectivity index (χ1) is 21.1. The maximum Gasteiger partial charge on any atom is 0.178 e. The van der Waals surface area contributed by atoms with E-state index in [1.54, 1.807) is 0 Å². The fourth-order valence-corrected chi connectivity index (χ4v) is 4.70. The van der Waals surface area contributed by atoms with Crippen molar-refractivity contribution in [2.24, 2.45) is 0 Å². The molecule has 0 amide bonds. The number of benzene rings is 6. The van der Waals surface area contributed by atoms with Crippen LogP contribution in [0.25, 0.3) is 0 Å². The topological polar surface area (TPSA) is 53.5 Å². The summed E-state index contributed by atoms with van der Waals surface area (Å²) in [4.78, 5) is 0. The first kappa shape index (κ1) is 27.6. The van der Waals surface area contributed by atoms with Crippen LogP contribution >= 0.6 is 0 Å². The molecule has 0 saturated carbocycles. The molecule has 0 aliphatic rings. The number of hydrogen-bond donors (Lipinski definition) is 1. The van der Waals surface area contributed by atoms with Crippen molar-refractivity contribution < 1.29 is 24.3 Å². The van der Waals surface area contributed by atoms with Gasteiger partial charge in [0, 0.05) is 12.1 Å². The lowest BCUT2D eigenvalue weighted by Gasteiger charge is -2.18. The van der Waals surface area contributed by atoms with Gasteiger partial charge in [0.15, 0.2) is 23.0 Å². The summed E-state index contributed by atoms with van der Waals surface area (Å²) >= 11 is 0. The van der Waals surface area contributed by atoms with E-state index in [2.05, 4.69) is 17.4 Å². The predicted molar refractivity (Wildman–Crippen MR) is 170 cm³/mol. The standard InChI is InChI=1S/C38H31NO4/c1-27-33(23-25-35(40-29-15-7-3-8-16-29)37(27)42-31-19-11-5-12-20-31)39-34-24-26-36(41-30-17-9-4-10-18-30)38(28(34)2)43-32-21-13-6-14-22-32/h3-26,39H,1-2H3/p+1. The minimum Gasteiger partial charge on any atom is -0.453 e. The molecule has 0 atom stereocenters. The fraction of sp³-hybridized carbons (Fsp3) is 0.0526. The smallest absolute Gasteiger partial charge is 0.178 e. The number of rotatable bonds is 10. The fourth-order valence-electron chi connectivity index (χ4n) is 4.70. The van der Waals surface area contributed by atoms with Gasteiger partial charge in [0.25, 0.3) is 0 Å². The summed E-state index contributed by atoms with van der Waals surface area (Å²) in [6.07, 6.45) is 0. The van der Waals surface area contributed by atoms with Gasteiger partial charge in [-0.25, -0.2) is 0 Å². The second kappa shape index (κ2) is 13.0. The highest BCUT2D eigenvalue weighted by Gasteiger charge is 2.21. The van der Waals surface area contributed by atoms with E-state index < -0.39 is 0 Å². The van der Waals surface area contributed by atoms with Crippen LogP contribution in [0, 0.1) is 13.8 Å². The van der Waals surface area contributed by atoms with Crippen LogP contribution in [-0.2, 0) is 0 Å². The van der Waals surface area contributed by atoms with Crippen LogP contribution in [0.1, 0.15) is 11.1 Å². The van der Waals surface area contributed by atoms with Crippen molar-refractivity contribution in [1.82, 2.24) is 0 Å². The first-order valence-corrected chi connectivity index (χ1v) is 14.2. The highest BCUT2D eigenvalue weighted by atomic mass is 16.5. The zero-order chi connectivity index (χ0) is 29.4. The molecule has 0 heterocycles. The molecule has 212 valence electrons. The van der Waals surface area contributed by atoms with Gasteiger partial charge >= 0.3 is 0 Å². The van der Waals surface area contributed by atoms with E-state index >= 15 is 0 Å². The van der Waals surface area contributed by atoms with E-state index in [-0.39, 0.29) is 0 Å². The molecule has 6 aromatic rings. The molecule has 0 unspecified atom stereocenters. The van der Waals surface area contributed by atoms with Crippen molar-refractivity contribution in [3.8, 4) is 46.0 Å². The second-order valence-corrected chi connectivity index (χ2v) is 10.0. The van der Waals surface area contributed by atoms with Crippen molar-refractivity contribution in [2.45, 2.75) is 13.8 Å². The van der Waals surface area contributed by atoms with Gasteiger partial charge in [0.1, 0.15) is 34.4 Å². The molecule has 6 aromatic carbocycles. The van der Waals surface area contributed by atoms with E-state index in [0.717, 1.165) is 45.5 Å². The maximum atomic E-state index is 6.42. The SMILES string of the molecule is Cc1c([NH2+]c2ccc(Oc3ccccc3)c(Oc3ccccc3)c2C)ccc(Oc2ccccc2)c1Oc1ccccc1. The van der Waals surface area contributed by atoms with Crippen molar-refractivity contribution in [3.63, 3.8) is 0 Å². The Balaban J connectivity index is 1.37. The van der Waals surface area contributed by atoms with E-state index in [1.165, 1.54) is 0 Å². The summed E-state index contributed by atoms with van der Waals surface area (Å²) in [5, 5.41) is 2.14. The number of ether oxygens (including phenoxy) is 4. The zero-order valence-corrected chi connectivity index (χ0v) is 24.1. The third-order valence-electron chi connectivity index (χ3n) is 7.00. The van der Waals surface area contributed by atoms with Gasteiger partial charge in [-0.1, -0.05) is 72.8 Å². The van der Waals surface area contributed by atoms with Crippen molar-refractivity contribution in [3.05, 3.63) is 157 Å². The molecule has 5 heteroatoms. The lowest BCUT2D eigenvalue weighted by molar-refractivity contribution is -0.479. The summed E-state index contributed by atoms with van der Waals surface area (Å²) in [6.45, 7) is 4.09. The Morgan fingerprint density at radius 2 is 0.651 bits per heavy atom. The Morgan fingerprint density at radius 1 is 0.349 bits per heavy atom. The molecule has 5 nitrogen and oxygen atoms in total. The van der Waals surface area contributed by atoms with E-state index in [0.29, 0.717) is 23.0 Å². The zero-order valence-electron chi connectivity index (χ0n) is 24.1. The quantitative estimate of drug-likeness (QED) is 0.168. The van der Waals surface area contributed by atoms with Gasteiger partial charge in [0.05, 0.1) is 11.1 Å². The Morgan fingerprint density at radius 3 is 0.977 bits per heavy atom. The number of hydrogen-bond acceptors (Lipinski definition) is 4. The third kappa shape index (κ3) is 6.70. The number of nitrogens with two attached hydrogens (primary N) is 1. The Hall–Kier alpha value is -5.52. The highest BCUT2D eigenvalue weighted by molar-refractivity contribution is 5.62. The monoisotopic (exact) mass is 566 g/mol. The summed E-state index contributed by atoms with van der Waals surface area (Å²) in [6, 6.07) is 46.9. The van der Waals surface area contributed by atoms with Gasteiger partial charge in [-0.15, -0.1) is 0 Å². The van der Waals surface area contributed by atoms with Crippen molar-refractivity contribution in [1.29, 1.82) is 0 Å². The van der Waals surface area contributed by atoms with Crippen LogP contribution in [0.5, 0.6) is 46.0 Å². The van der Waals surface area contributed by atoms with Crippen LogP contribution in [0.15, 0.2) is 146 Å². The Bertz CT molecular complexity index is 1660. The average molecular weight is 567 g/mol. The third-order valence-corrected chi connectivity index (χ3v) is 7.00. The number of para-hydroxylation sites is 4. The van der Waals surface area contributed by atoms with Crippen LogP contribution in [-0.4, -0.2) is 0 Å². The van der Waals surface area contributed by atoms with Crippen molar-refractivity contribution in [2.75, 3.05) is 0 Å². The van der Waals surface area contributed by atoms with Crippen molar-refractivity contribution >= 4 is 11.4 Å². The molecule has 0 aliphatic heterocycles. The van der Waals surface area contributed by atoms with Gasteiger partial charge in [-0.05, 0) is 74.5 Å². The Labute approximate surface area is 251 Å². The minimum atomic E-state index is 0.640. The minimum absolute atomic E-state index is 0.640. The van der Waals surface area contributed by atoms with Crippen LogP contribution in [0.4, 0.5) is 11.4 Å². The van der Waals surface area contributed by atoms with Gasteiger partial charge in [-0.2, -0.15) is 0 Å². The summed E-state index contributed by atoms with van der Waals surface area (Å²) in [7, 11) is 0. The van der Waals surface area contributed by atoms with Crippen LogP contribution in [0.2, 0.25) is 0 Å². The van der Waals surface area contributed by atoms with Gasteiger partial charge in [-0.3, -0.25) is 5.32 Å². The molecular formula is C38H32NO4+. The van der Waals surface area contributed by atoms with Gasteiger partial charge < -0.3 is 18.9 Å². The molecule has 6 rings (SSSR count). The predicted octanol–water partition coefficient (Wildman–Crippen LogP) is 10.00. The second-order valence-electron chi connectivity index (χ2n) is 10.0. The molecule has 0 aromatic heterocycles. The maximum absolute atomic E-state index is 6.42. The molecule has 0 fully saturated rings. The molecule has 0 saturated heterocycles. The molecule has 0 bridgehead atoms. The average Bonchev–Trinajstić information content (AvgIpc) is 3.05. The van der Waals surface area contributed by atoms with E-state index in [4.69, 9.17) is 18.9 Å². The lowest BCUT2D eigenvalue weighted by Crippen LogP contribution is -2.71. The molecule has 0 radical (unpaired) electrons. The lowest BCUT2D eigenvalue weighted by atomic mass is 10.1. The molecular weight excluding hydrogens is 534 g/mol. The van der Waals surface area contributed by atoms with Gasteiger partial charge in [0.2, 0.25) is 0 Å². The largest absolute Gasteiger partial charge is 0.453 e. The van der Waals surface area contributed by atoms with Crippen LogP contribution in [0.3, 0.4) is 0 Å². The normalized spacial score (nSPS) is 10.7. The summed E-state index contributed by atoms with van der Waals surface area (Å²) in [5.74, 6) is 5.54. The highest BCUT2D eigenvalue weighted by Crippen LogP contribution is 2.42. The van der Waals surface area contributed by atoms with E-state index in [1.807, 2.05) is 147 Å². The molecule has 0 spiro atoms. The molecule has 0 aliphatic carbocycles. The summed E-state index contributed by atoms with van der Waals surface area (Å²) in [5.41, 5.74) is 3.90. The molecule has 2 N–H and O–H groups in total. The first-order valence-electron chi connectivity index (χ1n) is 14.2. The summed E-state index contributed by atoms with van der Waals surface area (Å²) < 4.78 is 25.4. The van der Waals surface area contributed by atoms with E-state index in [9.17, 15) is 0 Å². The van der Waals surface area contributed by atoms with Crippen LogP contribution < -0.4 is 24.3 Å².